The van der Waals surface area contributed by atoms with Gasteiger partial charge in [-0.2, -0.15) is 0 Å². The van der Waals surface area contributed by atoms with Crippen LogP contribution in [0.4, 0.5) is 4.39 Å². The molecule has 0 saturated heterocycles. The molecular weight excluding hydrogens is 337 g/mol. The first-order chi connectivity index (χ1) is 12.5. The van der Waals surface area contributed by atoms with E-state index in [-0.39, 0.29) is 23.7 Å². The molecule has 0 atom stereocenters. The summed E-state index contributed by atoms with van der Waals surface area (Å²) in [6, 6.07) is 9.21. The number of aryl methyl sites for hydroxylation is 1. The standard InChI is InChI=1S/C17H14FN3O3.C2H6/c1-10-7-11(5-6-12(10)18)8-19-16(22)13-9-21-14(17(23)24)3-2-4-15(21)20-13;1-2/h2-7,9H,8H2,1H3,(H,19,22)(H,23,24);1-2H3. The highest BCUT2D eigenvalue weighted by molar-refractivity contribution is 5.93. The maximum Gasteiger partial charge on any atom is 0.352 e. The summed E-state index contributed by atoms with van der Waals surface area (Å²) in [7, 11) is 0. The Morgan fingerprint density at radius 2 is 1.96 bits per heavy atom. The van der Waals surface area contributed by atoms with Crippen LogP contribution in [0, 0.1) is 12.7 Å². The van der Waals surface area contributed by atoms with E-state index < -0.39 is 11.9 Å². The molecule has 26 heavy (non-hydrogen) atoms. The third kappa shape index (κ3) is 4.05. The maximum absolute atomic E-state index is 13.2. The first-order valence-corrected chi connectivity index (χ1v) is 8.20. The molecule has 0 saturated carbocycles. The molecule has 1 aromatic carbocycles. The van der Waals surface area contributed by atoms with Crippen LogP contribution in [-0.4, -0.2) is 26.4 Å². The minimum Gasteiger partial charge on any atom is -0.477 e. The Morgan fingerprint density at radius 1 is 1.23 bits per heavy atom. The second kappa shape index (κ2) is 8.24. The summed E-state index contributed by atoms with van der Waals surface area (Å²) in [5, 5.41) is 11.8. The van der Waals surface area contributed by atoms with Gasteiger partial charge >= 0.3 is 5.97 Å². The molecule has 0 aliphatic carbocycles. The van der Waals surface area contributed by atoms with Crippen LogP contribution in [0.5, 0.6) is 0 Å². The zero-order valence-electron chi connectivity index (χ0n) is 14.8. The molecule has 2 N–H and O–H groups in total. The van der Waals surface area contributed by atoms with Crippen LogP contribution >= 0.6 is 0 Å². The lowest BCUT2D eigenvalue weighted by atomic mass is 10.1. The van der Waals surface area contributed by atoms with Gasteiger partial charge in [0.1, 0.15) is 22.9 Å². The Balaban J connectivity index is 0.00000117. The van der Waals surface area contributed by atoms with Crippen molar-refractivity contribution >= 4 is 17.5 Å². The number of carboxylic acids is 1. The number of fused-ring (bicyclic) bond motifs is 1. The molecule has 6 nitrogen and oxygen atoms in total. The summed E-state index contributed by atoms with van der Waals surface area (Å²) in [6.45, 7) is 5.87. The number of hydrogen-bond acceptors (Lipinski definition) is 3. The number of halogens is 1. The number of carbonyl (C=O) groups is 2. The number of pyridine rings is 1. The molecule has 0 radical (unpaired) electrons. The predicted octanol–water partition coefficient (Wildman–Crippen LogP) is 3.44. The molecule has 136 valence electrons. The number of imidazole rings is 1. The fourth-order valence-electron chi connectivity index (χ4n) is 2.38. The molecule has 2 aromatic heterocycles. The lowest BCUT2D eigenvalue weighted by Gasteiger charge is -2.05. The molecular formula is C19H20FN3O3. The average molecular weight is 357 g/mol. The molecule has 0 spiro atoms. The van der Waals surface area contributed by atoms with Crippen LogP contribution in [0.3, 0.4) is 0 Å². The van der Waals surface area contributed by atoms with Crippen LogP contribution < -0.4 is 5.32 Å². The van der Waals surface area contributed by atoms with Gasteiger partial charge in [0, 0.05) is 12.7 Å². The van der Waals surface area contributed by atoms with Gasteiger partial charge in [-0.15, -0.1) is 0 Å². The predicted molar refractivity (Wildman–Crippen MR) is 95.8 cm³/mol. The van der Waals surface area contributed by atoms with Crippen molar-refractivity contribution in [1.82, 2.24) is 14.7 Å². The number of carboxylic acid groups (broad SMARTS) is 1. The van der Waals surface area contributed by atoms with Crippen molar-refractivity contribution < 1.29 is 19.1 Å². The Labute approximate surface area is 150 Å². The summed E-state index contributed by atoms with van der Waals surface area (Å²) in [4.78, 5) is 27.5. The molecule has 1 amide bonds. The SMILES string of the molecule is CC.Cc1cc(CNC(=O)c2cn3c(C(=O)O)cccc3n2)ccc1F. The Bertz CT molecular complexity index is 950. The molecule has 0 fully saturated rings. The first-order valence-electron chi connectivity index (χ1n) is 8.20. The van der Waals surface area contributed by atoms with Crippen LogP contribution in [0.15, 0.2) is 42.6 Å². The largest absolute Gasteiger partial charge is 0.477 e. The number of aromatic carboxylic acids is 1. The number of aromatic nitrogens is 2. The summed E-state index contributed by atoms with van der Waals surface area (Å²) in [5.41, 5.74) is 1.77. The van der Waals surface area contributed by atoms with Gasteiger partial charge < -0.3 is 10.4 Å². The lowest BCUT2D eigenvalue weighted by Crippen LogP contribution is -2.23. The third-order valence-corrected chi connectivity index (χ3v) is 3.62. The van der Waals surface area contributed by atoms with Crippen LogP contribution in [0.1, 0.15) is 46.0 Å². The number of amides is 1. The number of rotatable bonds is 4. The van der Waals surface area contributed by atoms with E-state index in [1.165, 1.54) is 22.7 Å². The van der Waals surface area contributed by atoms with Gasteiger partial charge in [-0.25, -0.2) is 14.2 Å². The Kier molecular flexibility index (Phi) is 6.06. The highest BCUT2D eigenvalue weighted by atomic mass is 19.1. The molecule has 0 aliphatic heterocycles. The van der Waals surface area contributed by atoms with E-state index in [0.717, 1.165) is 5.56 Å². The fraction of sp³-hybridized carbons (Fsp3) is 0.211. The van der Waals surface area contributed by atoms with Gasteiger partial charge in [-0.3, -0.25) is 9.20 Å². The van der Waals surface area contributed by atoms with Gasteiger partial charge in [0.15, 0.2) is 0 Å². The van der Waals surface area contributed by atoms with Crippen molar-refractivity contribution in [1.29, 1.82) is 0 Å². The van der Waals surface area contributed by atoms with Crippen molar-refractivity contribution in [3.8, 4) is 0 Å². The zero-order valence-corrected chi connectivity index (χ0v) is 14.8. The third-order valence-electron chi connectivity index (χ3n) is 3.62. The molecule has 0 aliphatic rings. The van der Waals surface area contributed by atoms with Crippen molar-refractivity contribution in [2.24, 2.45) is 0 Å². The average Bonchev–Trinajstić information content (AvgIpc) is 3.08. The number of carbonyl (C=O) groups excluding carboxylic acids is 1. The monoisotopic (exact) mass is 357 g/mol. The quantitative estimate of drug-likeness (QED) is 0.749. The second-order valence-electron chi connectivity index (χ2n) is 5.34. The number of hydrogen-bond donors (Lipinski definition) is 2. The molecule has 2 heterocycles. The first kappa shape index (κ1) is 19.1. The number of nitrogens with one attached hydrogen (secondary N) is 1. The van der Waals surface area contributed by atoms with Crippen LogP contribution in [0.25, 0.3) is 5.65 Å². The number of nitrogens with zero attached hydrogens (tertiary/aromatic N) is 2. The van der Waals surface area contributed by atoms with E-state index in [1.54, 1.807) is 31.2 Å². The van der Waals surface area contributed by atoms with E-state index in [0.29, 0.717) is 11.2 Å². The molecule has 3 aromatic rings. The highest BCUT2D eigenvalue weighted by Crippen LogP contribution is 2.11. The Hall–Kier alpha value is -3.22. The van der Waals surface area contributed by atoms with Gasteiger partial charge in [0.05, 0.1) is 0 Å². The lowest BCUT2D eigenvalue weighted by molar-refractivity contribution is 0.0688. The van der Waals surface area contributed by atoms with Gasteiger partial charge in [-0.1, -0.05) is 32.0 Å². The van der Waals surface area contributed by atoms with Gasteiger partial charge in [0.2, 0.25) is 0 Å². The minimum absolute atomic E-state index is 0.0215. The molecule has 0 unspecified atom stereocenters. The molecule has 3 rings (SSSR count). The topological polar surface area (TPSA) is 83.7 Å². The summed E-state index contributed by atoms with van der Waals surface area (Å²) in [6.07, 6.45) is 1.38. The minimum atomic E-state index is -1.10. The van der Waals surface area contributed by atoms with Crippen molar-refractivity contribution in [3.05, 3.63) is 70.9 Å². The van der Waals surface area contributed by atoms with Gasteiger partial charge in [0.25, 0.3) is 5.91 Å². The van der Waals surface area contributed by atoms with E-state index >= 15 is 0 Å². The summed E-state index contributed by atoms with van der Waals surface area (Å²) < 4.78 is 14.6. The van der Waals surface area contributed by atoms with E-state index in [4.69, 9.17) is 5.11 Å². The van der Waals surface area contributed by atoms with Crippen LogP contribution in [0.2, 0.25) is 0 Å². The van der Waals surface area contributed by atoms with Crippen molar-refractivity contribution in [3.63, 3.8) is 0 Å². The van der Waals surface area contributed by atoms with Crippen molar-refractivity contribution in [2.75, 3.05) is 0 Å². The van der Waals surface area contributed by atoms with Gasteiger partial charge in [-0.05, 0) is 36.2 Å². The summed E-state index contributed by atoms with van der Waals surface area (Å²) >= 11 is 0. The normalized spacial score (nSPS) is 10.2. The van der Waals surface area contributed by atoms with Crippen molar-refractivity contribution in [2.45, 2.75) is 27.3 Å². The maximum atomic E-state index is 13.2. The smallest absolute Gasteiger partial charge is 0.352 e. The van der Waals surface area contributed by atoms with Crippen LogP contribution in [-0.2, 0) is 6.54 Å². The zero-order chi connectivity index (χ0) is 19.3. The van der Waals surface area contributed by atoms with E-state index in [9.17, 15) is 14.0 Å². The highest BCUT2D eigenvalue weighted by Gasteiger charge is 2.14. The molecule has 7 heteroatoms. The Morgan fingerprint density at radius 3 is 2.62 bits per heavy atom. The number of benzene rings is 1. The van der Waals surface area contributed by atoms with E-state index in [2.05, 4.69) is 10.3 Å². The molecule has 0 bridgehead atoms. The summed E-state index contributed by atoms with van der Waals surface area (Å²) in [5.74, 6) is -1.84. The second-order valence-corrected chi connectivity index (χ2v) is 5.34. The van der Waals surface area contributed by atoms with E-state index in [1.807, 2.05) is 13.8 Å². The fourth-order valence-corrected chi connectivity index (χ4v) is 2.38.